The second kappa shape index (κ2) is 10.5. The predicted molar refractivity (Wildman–Crippen MR) is 134 cm³/mol. The fourth-order valence-electron chi connectivity index (χ4n) is 3.59. The minimum atomic E-state index is -4.05. The van der Waals surface area contributed by atoms with E-state index in [1.807, 2.05) is 0 Å². The van der Waals surface area contributed by atoms with Crippen molar-refractivity contribution >= 4 is 27.5 Å². The number of esters is 1. The Morgan fingerprint density at radius 1 is 0.778 bits per heavy atom. The van der Waals surface area contributed by atoms with Gasteiger partial charge >= 0.3 is 5.97 Å². The lowest BCUT2D eigenvalue weighted by Crippen LogP contribution is -2.20. The van der Waals surface area contributed by atoms with E-state index in [0.717, 1.165) is 0 Å². The molecule has 0 aliphatic carbocycles. The third-order valence-corrected chi connectivity index (χ3v) is 7.03. The summed E-state index contributed by atoms with van der Waals surface area (Å²) in [5.74, 6) is -1.75. The molecule has 0 aliphatic rings. The smallest absolute Gasteiger partial charge is 0.339 e. The number of ether oxygens (including phenoxy) is 1. The number of carbonyl (C=O) groups excluding carboxylic acids is 2. The molecule has 4 aromatic carbocycles. The summed E-state index contributed by atoms with van der Waals surface area (Å²) in [6.07, 6.45) is -1.16. The van der Waals surface area contributed by atoms with Crippen LogP contribution in [0, 0.1) is 12.7 Å². The Labute approximate surface area is 208 Å². The molecule has 0 saturated heterocycles. The average molecular weight is 504 g/mol. The maximum atomic E-state index is 13.8. The van der Waals surface area contributed by atoms with E-state index < -0.39 is 27.9 Å². The van der Waals surface area contributed by atoms with Crippen LogP contribution in [0.5, 0.6) is 0 Å². The van der Waals surface area contributed by atoms with Crippen LogP contribution >= 0.6 is 0 Å². The summed E-state index contributed by atoms with van der Waals surface area (Å²) in [7, 11) is -4.05. The zero-order valence-corrected chi connectivity index (χ0v) is 20.0. The van der Waals surface area contributed by atoms with Gasteiger partial charge in [0.1, 0.15) is 5.82 Å². The first kappa shape index (κ1) is 24.8. The average Bonchev–Trinajstić information content (AvgIpc) is 2.89. The van der Waals surface area contributed by atoms with E-state index in [9.17, 15) is 22.4 Å². The number of hydrogen-bond acceptors (Lipinski definition) is 5. The van der Waals surface area contributed by atoms with Gasteiger partial charge in [-0.05, 0) is 43.3 Å². The lowest BCUT2D eigenvalue weighted by molar-refractivity contribution is 0.0280. The Morgan fingerprint density at radius 3 is 2.03 bits per heavy atom. The molecule has 0 aromatic heterocycles. The van der Waals surface area contributed by atoms with Crippen LogP contribution in [0.4, 0.5) is 10.1 Å². The number of carbonyl (C=O) groups is 2. The quantitative estimate of drug-likeness (QED) is 0.246. The highest BCUT2D eigenvalue weighted by molar-refractivity contribution is 7.92. The van der Waals surface area contributed by atoms with Gasteiger partial charge < -0.3 is 4.74 Å². The van der Waals surface area contributed by atoms with Gasteiger partial charge in [0.05, 0.1) is 10.5 Å². The minimum absolute atomic E-state index is 0.000218. The van der Waals surface area contributed by atoms with E-state index in [0.29, 0.717) is 11.1 Å². The van der Waals surface area contributed by atoms with E-state index in [4.69, 9.17) is 4.74 Å². The van der Waals surface area contributed by atoms with Crippen LogP contribution in [-0.4, -0.2) is 20.2 Å². The summed E-state index contributed by atoms with van der Waals surface area (Å²) >= 11 is 0. The SMILES string of the molecule is Cc1c(F)cccc1S(=O)(=O)Nc1ccc(C(=O)OC(C(=O)c2ccccc2)c2ccccc2)cc1. The highest BCUT2D eigenvalue weighted by atomic mass is 32.2. The van der Waals surface area contributed by atoms with Gasteiger partial charge in [-0.15, -0.1) is 0 Å². The number of anilines is 1. The molecule has 0 amide bonds. The molecule has 0 radical (unpaired) electrons. The molecule has 4 aromatic rings. The van der Waals surface area contributed by atoms with Gasteiger partial charge in [-0.25, -0.2) is 17.6 Å². The van der Waals surface area contributed by atoms with E-state index in [2.05, 4.69) is 4.72 Å². The van der Waals surface area contributed by atoms with Crippen molar-refractivity contribution in [2.75, 3.05) is 4.72 Å². The van der Waals surface area contributed by atoms with Crippen molar-refractivity contribution in [1.29, 1.82) is 0 Å². The molecule has 0 spiro atoms. The van der Waals surface area contributed by atoms with Gasteiger partial charge in [-0.2, -0.15) is 0 Å². The molecular weight excluding hydrogens is 481 g/mol. The maximum Gasteiger partial charge on any atom is 0.339 e. The number of nitrogens with one attached hydrogen (secondary N) is 1. The Balaban J connectivity index is 1.53. The first-order chi connectivity index (χ1) is 17.3. The van der Waals surface area contributed by atoms with Crippen LogP contribution in [0.2, 0.25) is 0 Å². The third kappa shape index (κ3) is 5.50. The number of rotatable bonds is 8. The highest BCUT2D eigenvalue weighted by Gasteiger charge is 2.27. The van der Waals surface area contributed by atoms with Crippen molar-refractivity contribution in [1.82, 2.24) is 0 Å². The lowest BCUT2D eigenvalue weighted by Gasteiger charge is -2.18. The van der Waals surface area contributed by atoms with Crippen LogP contribution in [0.15, 0.2) is 108 Å². The van der Waals surface area contributed by atoms with Crippen molar-refractivity contribution in [2.24, 2.45) is 0 Å². The van der Waals surface area contributed by atoms with Gasteiger partial charge in [0.2, 0.25) is 5.78 Å². The second-order valence-electron chi connectivity index (χ2n) is 7.97. The molecule has 0 heterocycles. The molecule has 1 atom stereocenters. The summed E-state index contributed by atoms with van der Waals surface area (Å²) in [6.45, 7) is 1.38. The van der Waals surface area contributed by atoms with Crippen molar-refractivity contribution in [2.45, 2.75) is 17.9 Å². The molecular formula is C28H22FNO5S. The monoisotopic (exact) mass is 503 g/mol. The molecule has 0 saturated carbocycles. The number of ketones is 1. The van der Waals surface area contributed by atoms with Gasteiger partial charge in [-0.3, -0.25) is 9.52 Å². The summed E-state index contributed by atoms with van der Waals surface area (Å²) in [5, 5.41) is 0. The summed E-state index contributed by atoms with van der Waals surface area (Å²) in [6, 6.07) is 26.6. The van der Waals surface area contributed by atoms with E-state index in [-0.39, 0.29) is 27.5 Å². The summed E-state index contributed by atoms with van der Waals surface area (Å²) in [4.78, 5) is 25.9. The fourth-order valence-corrected chi connectivity index (χ4v) is 4.91. The summed E-state index contributed by atoms with van der Waals surface area (Å²) in [5.41, 5.74) is 1.23. The van der Waals surface area contributed by atoms with E-state index >= 15 is 0 Å². The molecule has 1 N–H and O–H groups in total. The van der Waals surface area contributed by atoms with Crippen LogP contribution in [0.25, 0.3) is 0 Å². The van der Waals surface area contributed by atoms with Crippen molar-refractivity contribution in [3.8, 4) is 0 Å². The molecule has 1 unspecified atom stereocenters. The Morgan fingerprint density at radius 2 is 1.39 bits per heavy atom. The van der Waals surface area contributed by atoms with Crippen LogP contribution < -0.4 is 4.72 Å². The first-order valence-electron chi connectivity index (χ1n) is 11.0. The highest BCUT2D eigenvalue weighted by Crippen LogP contribution is 2.25. The van der Waals surface area contributed by atoms with Crippen LogP contribution in [0.1, 0.15) is 37.9 Å². The van der Waals surface area contributed by atoms with E-state index in [1.54, 1.807) is 60.7 Å². The Kier molecular flexibility index (Phi) is 7.26. The minimum Gasteiger partial charge on any atom is -0.445 e. The number of sulfonamides is 1. The Bertz CT molecular complexity index is 1490. The van der Waals surface area contributed by atoms with Gasteiger partial charge in [0.25, 0.3) is 10.0 Å². The van der Waals surface area contributed by atoms with Crippen molar-refractivity contribution < 1.29 is 27.1 Å². The molecule has 8 heteroatoms. The number of hydrogen-bond donors (Lipinski definition) is 1. The molecule has 6 nitrogen and oxygen atoms in total. The molecule has 182 valence electrons. The van der Waals surface area contributed by atoms with Gasteiger partial charge in [-0.1, -0.05) is 66.7 Å². The molecule has 4 rings (SSSR count). The van der Waals surface area contributed by atoms with E-state index in [1.165, 1.54) is 49.4 Å². The number of benzene rings is 4. The van der Waals surface area contributed by atoms with Crippen LogP contribution in [-0.2, 0) is 14.8 Å². The van der Waals surface area contributed by atoms with Crippen molar-refractivity contribution in [3.05, 3.63) is 131 Å². The largest absolute Gasteiger partial charge is 0.445 e. The molecule has 36 heavy (non-hydrogen) atoms. The zero-order valence-electron chi connectivity index (χ0n) is 19.2. The normalized spacial score (nSPS) is 11.9. The molecule has 0 fully saturated rings. The first-order valence-corrected chi connectivity index (χ1v) is 12.5. The second-order valence-corrected chi connectivity index (χ2v) is 9.62. The molecule has 0 aliphatic heterocycles. The van der Waals surface area contributed by atoms with Crippen molar-refractivity contribution in [3.63, 3.8) is 0 Å². The summed E-state index contributed by atoms with van der Waals surface area (Å²) < 4.78 is 47.2. The maximum absolute atomic E-state index is 13.8. The lowest BCUT2D eigenvalue weighted by atomic mass is 10.00. The van der Waals surface area contributed by atoms with Gasteiger partial charge in [0, 0.05) is 22.4 Å². The third-order valence-electron chi connectivity index (χ3n) is 5.50. The van der Waals surface area contributed by atoms with Crippen LogP contribution in [0.3, 0.4) is 0 Å². The fraction of sp³-hybridized carbons (Fsp3) is 0.0714. The molecule has 0 bridgehead atoms. The standard InChI is InChI=1S/C28H22FNO5S/c1-19-24(29)13-8-14-25(19)36(33,34)30-23-17-15-22(16-18-23)28(32)35-27(21-11-6-3-7-12-21)26(31)20-9-4-2-5-10-20/h2-18,27,30H,1H3. The Hall–Kier alpha value is -4.30. The number of Topliss-reactive ketones (excluding diaryl/α,β-unsaturated/α-hetero) is 1. The van der Waals surface area contributed by atoms with Gasteiger partial charge in [0.15, 0.2) is 6.10 Å². The number of halogens is 1. The predicted octanol–water partition coefficient (Wildman–Crippen LogP) is 5.72. The topological polar surface area (TPSA) is 89.5 Å². The zero-order chi connectivity index (χ0) is 25.7.